The number of benzene rings is 1. The molecule has 1 unspecified atom stereocenters. The van der Waals surface area contributed by atoms with Crippen LogP contribution in [0.25, 0.3) is 0 Å². The van der Waals surface area contributed by atoms with Gasteiger partial charge >= 0.3 is 183 Å². The molecule has 0 saturated carbocycles. The Morgan fingerprint density at radius 3 is 2.52 bits per heavy atom. The molecule has 0 aromatic heterocycles. The average Bonchev–Trinajstić information content (AvgIpc) is 2.73. The first-order valence-corrected chi connectivity index (χ1v) is 12.6. The molecule has 29 heavy (non-hydrogen) atoms. The van der Waals surface area contributed by atoms with Crippen molar-refractivity contribution in [3.05, 3.63) is 51.3 Å². The van der Waals surface area contributed by atoms with Crippen LogP contribution in [-0.2, 0) is 19.1 Å². The minimum absolute atomic E-state index is 0.0406. The summed E-state index contributed by atoms with van der Waals surface area (Å²) in [5.74, 6) is -1.39. The van der Waals surface area contributed by atoms with Crippen LogP contribution in [0, 0.1) is 0 Å². The van der Waals surface area contributed by atoms with Gasteiger partial charge in [0.15, 0.2) is 0 Å². The molecule has 1 aliphatic rings. The topological polar surface area (TPSA) is 81.9 Å². The number of hydrogen-bond acceptors (Lipinski definition) is 7. The van der Waals surface area contributed by atoms with Crippen LogP contribution in [0.15, 0.2) is 50.6 Å². The van der Waals surface area contributed by atoms with Crippen molar-refractivity contribution in [1.29, 1.82) is 0 Å². The van der Waals surface area contributed by atoms with E-state index in [1.54, 1.807) is 18.7 Å². The molecule has 1 aliphatic heterocycles. The van der Waals surface area contributed by atoms with Gasteiger partial charge in [0, 0.05) is 0 Å². The van der Waals surface area contributed by atoms with E-state index in [0.29, 0.717) is 17.7 Å². The Morgan fingerprint density at radius 1 is 1.24 bits per heavy atom. The summed E-state index contributed by atoms with van der Waals surface area (Å²) in [7, 11) is 3.24. The molecular formula is C21H28N2O4SSe. The second-order valence-electron chi connectivity index (χ2n) is 6.30. The molecule has 1 atom stereocenters. The summed E-state index contributed by atoms with van der Waals surface area (Å²) in [6.07, 6.45) is 1.98. The van der Waals surface area contributed by atoms with E-state index in [0.717, 1.165) is 26.1 Å². The molecule has 158 valence electrons. The van der Waals surface area contributed by atoms with Crippen LogP contribution >= 0.6 is 11.8 Å². The minimum atomic E-state index is -0.545. The molecule has 0 amide bonds. The number of hydrogen-bond donors (Lipinski definition) is 1. The number of thioether (sulfide) groups is 1. The maximum absolute atomic E-state index is 13.2. The van der Waals surface area contributed by atoms with Crippen molar-refractivity contribution in [2.75, 3.05) is 33.6 Å². The third-order valence-electron chi connectivity index (χ3n) is 4.71. The predicted molar refractivity (Wildman–Crippen MR) is 117 cm³/mol. The molecule has 0 radical (unpaired) electrons. The van der Waals surface area contributed by atoms with E-state index in [2.05, 4.69) is 0 Å². The van der Waals surface area contributed by atoms with Gasteiger partial charge in [0.05, 0.1) is 0 Å². The van der Waals surface area contributed by atoms with Gasteiger partial charge in [-0.25, -0.2) is 0 Å². The molecule has 8 heteroatoms. The summed E-state index contributed by atoms with van der Waals surface area (Å²) < 4.78 is 11.4. The third kappa shape index (κ3) is 4.89. The molecule has 0 aliphatic carbocycles. The van der Waals surface area contributed by atoms with Crippen molar-refractivity contribution in [2.45, 2.75) is 30.0 Å². The van der Waals surface area contributed by atoms with E-state index in [1.165, 1.54) is 7.11 Å². The van der Waals surface area contributed by atoms with E-state index >= 15 is 0 Å². The summed E-state index contributed by atoms with van der Waals surface area (Å²) in [5, 5.41) is 0.785. The number of esters is 2. The number of nitrogens with two attached hydrogens (primary N) is 1. The summed E-state index contributed by atoms with van der Waals surface area (Å²) in [6.45, 7) is 4.47. The van der Waals surface area contributed by atoms with Gasteiger partial charge in [0.1, 0.15) is 0 Å². The Kier molecular flexibility index (Phi) is 8.83. The van der Waals surface area contributed by atoms with Gasteiger partial charge < -0.3 is 0 Å². The first kappa shape index (κ1) is 23.5. The van der Waals surface area contributed by atoms with Crippen LogP contribution in [0.4, 0.5) is 0 Å². The molecule has 0 bridgehead atoms. The third-order valence-corrected chi connectivity index (χ3v) is 8.06. The molecule has 1 heterocycles. The zero-order valence-corrected chi connectivity index (χ0v) is 20.0. The van der Waals surface area contributed by atoms with Gasteiger partial charge in [0.2, 0.25) is 0 Å². The molecule has 2 N–H and O–H groups in total. The van der Waals surface area contributed by atoms with Crippen molar-refractivity contribution in [2.24, 2.45) is 5.73 Å². The fraction of sp³-hybridized carbons (Fsp3) is 0.429. The fourth-order valence-electron chi connectivity index (χ4n) is 3.33. The Balaban J connectivity index is 2.83. The standard InChI is InChI=1S/C21H28N2O4SSe/c1-6-27-21(25)18-17(14-9-7-8-10-15(14)28-5)16(20(24)26-4)13(2)23(3)19(18)29-12-11-22/h7-10,17H,6,11-12,22H2,1-5H3. The summed E-state index contributed by atoms with van der Waals surface area (Å²) in [6, 6.07) is 7.83. The second kappa shape index (κ2) is 10.9. The van der Waals surface area contributed by atoms with Crippen molar-refractivity contribution >= 4 is 38.7 Å². The number of nitrogens with zero attached hydrogens (tertiary/aromatic N) is 1. The Morgan fingerprint density at radius 2 is 1.93 bits per heavy atom. The second-order valence-corrected chi connectivity index (χ2v) is 9.42. The van der Waals surface area contributed by atoms with Gasteiger partial charge in [-0.2, -0.15) is 0 Å². The summed E-state index contributed by atoms with van der Waals surface area (Å²) in [4.78, 5) is 28.9. The van der Waals surface area contributed by atoms with E-state index in [4.69, 9.17) is 15.2 Å². The number of methoxy groups -OCH3 is 1. The maximum atomic E-state index is 13.2. The monoisotopic (exact) mass is 484 g/mol. The molecule has 0 fully saturated rings. The normalized spacial score (nSPS) is 16.9. The van der Waals surface area contributed by atoms with Crippen molar-refractivity contribution in [3.63, 3.8) is 0 Å². The molecule has 1 aromatic rings. The van der Waals surface area contributed by atoms with Gasteiger partial charge in [-0.15, -0.1) is 0 Å². The van der Waals surface area contributed by atoms with Crippen LogP contribution in [0.5, 0.6) is 0 Å². The van der Waals surface area contributed by atoms with E-state index < -0.39 is 17.9 Å². The quantitative estimate of drug-likeness (QED) is 0.346. The zero-order chi connectivity index (χ0) is 21.6. The molecular weight excluding hydrogens is 455 g/mol. The summed E-state index contributed by atoms with van der Waals surface area (Å²) >= 11 is 1.54. The Bertz CT molecular complexity index is 838. The van der Waals surface area contributed by atoms with Gasteiger partial charge in [0.25, 0.3) is 0 Å². The number of carbonyl (C=O) groups is 2. The number of carbonyl (C=O) groups excluding carboxylic acids is 2. The molecule has 2 rings (SSSR count). The van der Waals surface area contributed by atoms with E-state index in [1.807, 2.05) is 49.4 Å². The Labute approximate surface area is 183 Å². The van der Waals surface area contributed by atoms with E-state index in [9.17, 15) is 9.59 Å². The molecule has 6 nitrogen and oxygen atoms in total. The zero-order valence-electron chi connectivity index (χ0n) is 17.5. The SMILES string of the molecule is CCOC(=O)C1=C([Se]CCN)N(C)C(C)=C(C(=O)OC)C1c1ccccc1SC. The van der Waals surface area contributed by atoms with E-state index in [-0.39, 0.29) is 21.6 Å². The van der Waals surface area contributed by atoms with Crippen molar-refractivity contribution < 1.29 is 19.1 Å². The van der Waals surface area contributed by atoms with Crippen LogP contribution in [0.3, 0.4) is 0 Å². The molecule has 0 spiro atoms. The van der Waals surface area contributed by atoms with Crippen LogP contribution in [0.1, 0.15) is 25.3 Å². The predicted octanol–water partition coefficient (Wildman–Crippen LogP) is 2.74. The first-order chi connectivity index (χ1) is 13.9. The average molecular weight is 483 g/mol. The van der Waals surface area contributed by atoms with Gasteiger partial charge in [-0.3, -0.25) is 0 Å². The molecule has 0 saturated heterocycles. The molecule has 1 aromatic carbocycles. The first-order valence-electron chi connectivity index (χ1n) is 9.32. The Hall–Kier alpha value is -1.73. The van der Waals surface area contributed by atoms with Gasteiger partial charge in [-0.1, -0.05) is 0 Å². The van der Waals surface area contributed by atoms with Crippen LogP contribution < -0.4 is 5.73 Å². The number of rotatable bonds is 8. The number of allylic oxidation sites excluding steroid dienone is 1. The van der Waals surface area contributed by atoms with Crippen molar-refractivity contribution in [1.82, 2.24) is 4.90 Å². The summed E-state index contributed by atoms with van der Waals surface area (Å²) in [5.41, 5.74) is 8.42. The van der Waals surface area contributed by atoms with Crippen LogP contribution in [0.2, 0.25) is 5.32 Å². The van der Waals surface area contributed by atoms with Crippen LogP contribution in [-0.4, -0.2) is 65.4 Å². The van der Waals surface area contributed by atoms with Gasteiger partial charge in [-0.05, 0) is 0 Å². The van der Waals surface area contributed by atoms with Crippen molar-refractivity contribution in [3.8, 4) is 0 Å². The number of ether oxygens (including phenoxy) is 2. The fourth-order valence-corrected chi connectivity index (χ4v) is 6.06.